The van der Waals surface area contributed by atoms with Crippen molar-refractivity contribution in [1.29, 1.82) is 0 Å². The Morgan fingerprint density at radius 3 is 2.09 bits per heavy atom. The molecule has 0 aliphatic heterocycles. The molecule has 4 aromatic rings. The van der Waals surface area contributed by atoms with Crippen LogP contribution in [0.25, 0.3) is 0 Å². The van der Waals surface area contributed by atoms with Crippen LogP contribution in [0.5, 0.6) is 5.75 Å². The standard InChI is InChI=1S/C27H23N3O4S/c31-27(23-13-15-24(16-14-23)30-35(32,33)26-9-5-2-6-10-26)29-28-19-21-11-17-25(18-12-21)34-20-22-7-3-1-4-8-22/h1-19,30H,20H2,(H,29,31)/b28-19-. The molecule has 4 rings (SSSR count). The summed E-state index contributed by atoms with van der Waals surface area (Å²) < 4.78 is 33.0. The number of ether oxygens (including phenoxy) is 1. The average molecular weight is 486 g/mol. The highest BCUT2D eigenvalue weighted by molar-refractivity contribution is 7.92. The Balaban J connectivity index is 1.28. The van der Waals surface area contributed by atoms with E-state index in [1.807, 2.05) is 54.6 Å². The average Bonchev–Trinajstić information content (AvgIpc) is 2.89. The molecule has 1 amide bonds. The minimum Gasteiger partial charge on any atom is -0.489 e. The van der Waals surface area contributed by atoms with Gasteiger partial charge >= 0.3 is 0 Å². The number of anilines is 1. The van der Waals surface area contributed by atoms with Crippen LogP contribution in [0.4, 0.5) is 5.69 Å². The zero-order valence-electron chi connectivity index (χ0n) is 18.7. The molecular weight excluding hydrogens is 462 g/mol. The molecule has 0 aliphatic carbocycles. The van der Waals surface area contributed by atoms with Crippen molar-refractivity contribution in [1.82, 2.24) is 5.43 Å². The molecule has 0 radical (unpaired) electrons. The van der Waals surface area contributed by atoms with E-state index in [9.17, 15) is 13.2 Å². The van der Waals surface area contributed by atoms with Gasteiger partial charge in [0.1, 0.15) is 12.4 Å². The van der Waals surface area contributed by atoms with Gasteiger partial charge in [-0.3, -0.25) is 9.52 Å². The second-order valence-electron chi connectivity index (χ2n) is 7.54. The van der Waals surface area contributed by atoms with Crippen LogP contribution >= 0.6 is 0 Å². The maximum atomic E-state index is 12.4. The number of hydrogen-bond acceptors (Lipinski definition) is 5. The first-order chi connectivity index (χ1) is 17.0. The van der Waals surface area contributed by atoms with E-state index in [1.165, 1.54) is 42.6 Å². The number of benzene rings is 4. The molecule has 2 N–H and O–H groups in total. The van der Waals surface area contributed by atoms with E-state index in [-0.39, 0.29) is 4.90 Å². The van der Waals surface area contributed by atoms with E-state index in [0.717, 1.165) is 16.9 Å². The fourth-order valence-electron chi connectivity index (χ4n) is 3.12. The van der Waals surface area contributed by atoms with Gasteiger partial charge in [0.2, 0.25) is 0 Å². The Morgan fingerprint density at radius 2 is 1.43 bits per heavy atom. The molecule has 7 nitrogen and oxygen atoms in total. The molecule has 0 saturated carbocycles. The molecule has 0 bridgehead atoms. The summed E-state index contributed by atoms with van der Waals surface area (Å²) >= 11 is 0. The smallest absolute Gasteiger partial charge is 0.271 e. The summed E-state index contributed by atoms with van der Waals surface area (Å²) in [4.78, 5) is 12.5. The molecule has 8 heteroatoms. The van der Waals surface area contributed by atoms with E-state index in [4.69, 9.17) is 4.74 Å². The Labute approximate surface area is 204 Å². The first-order valence-electron chi connectivity index (χ1n) is 10.8. The van der Waals surface area contributed by atoms with Crippen LogP contribution in [0.3, 0.4) is 0 Å². The van der Waals surface area contributed by atoms with Crippen LogP contribution in [0, 0.1) is 0 Å². The molecule has 35 heavy (non-hydrogen) atoms. The maximum absolute atomic E-state index is 12.4. The van der Waals surface area contributed by atoms with Crippen molar-refractivity contribution in [3.8, 4) is 5.75 Å². The molecule has 0 aliphatic rings. The highest BCUT2D eigenvalue weighted by Gasteiger charge is 2.13. The third kappa shape index (κ3) is 6.78. The van der Waals surface area contributed by atoms with Crippen molar-refractivity contribution in [2.24, 2.45) is 5.10 Å². The minimum absolute atomic E-state index is 0.159. The summed E-state index contributed by atoms with van der Waals surface area (Å²) in [7, 11) is -3.70. The number of hydrogen-bond donors (Lipinski definition) is 2. The summed E-state index contributed by atoms with van der Waals surface area (Å²) in [6.07, 6.45) is 1.53. The van der Waals surface area contributed by atoms with Gasteiger partial charge in [0, 0.05) is 11.3 Å². The molecular formula is C27H23N3O4S. The van der Waals surface area contributed by atoms with Crippen molar-refractivity contribution in [2.75, 3.05) is 4.72 Å². The summed E-state index contributed by atoms with van der Waals surface area (Å²) in [5.41, 5.74) is 5.04. The van der Waals surface area contributed by atoms with E-state index in [1.54, 1.807) is 18.2 Å². The minimum atomic E-state index is -3.70. The van der Waals surface area contributed by atoms with Gasteiger partial charge in [-0.25, -0.2) is 13.8 Å². The van der Waals surface area contributed by atoms with Gasteiger partial charge < -0.3 is 4.74 Å². The van der Waals surface area contributed by atoms with Crippen molar-refractivity contribution in [3.05, 3.63) is 126 Å². The quantitative estimate of drug-likeness (QED) is 0.262. The maximum Gasteiger partial charge on any atom is 0.271 e. The van der Waals surface area contributed by atoms with Gasteiger partial charge in [-0.2, -0.15) is 5.10 Å². The van der Waals surface area contributed by atoms with Gasteiger partial charge in [-0.1, -0.05) is 48.5 Å². The van der Waals surface area contributed by atoms with Crippen molar-refractivity contribution in [2.45, 2.75) is 11.5 Å². The monoisotopic (exact) mass is 485 g/mol. The number of nitrogens with zero attached hydrogens (tertiary/aromatic N) is 1. The van der Waals surface area contributed by atoms with Crippen LogP contribution in [-0.4, -0.2) is 20.5 Å². The number of hydrazone groups is 1. The van der Waals surface area contributed by atoms with E-state index >= 15 is 0 Å². The molecule has 0 saturated heterocycles. The van der Waals surface area contributed by atoms with Crippen LogP contribution in [0.15, 0.2) is 119 Å². The Hall–Kier alpha value is -4.43. The lowest BCUT2D eigenvalue weighted by molar-refractivity contribution is 0.0955. The molecule has 4 aromatic carbocycles. The molecule has 176 valence electrons. The first-order valence-corrected chi connectivity index (χ1v) is 12.3. The predicted octanol–water partition coefficient (Wildman–Crippen LogP) is 4.83. The van der Waals surface area contributed by atoms with Crippen molar-refractivity contribution < 1.29 is 17.9 Å². The predicted molar refractivity (Wildman–Crippen MR) is 136 cm³/mol. The van der Waals surface area contributed by atoms with Crippen LogP contribution < -0.4 is 14.9 Å². The van der Waals surface area contributed by atoms with Crippen LogP contribution in [-0.2, 0) is 16.6 Å². The zero-order chi connectivity index (χ0) is 24.5. The SMILES string of the molecule is O=C(N/N=C\c1ccc(OCc2ccccc2)cc1)c1ccc(NS(=O)(=O)c2ccccc2)cc1. The summed E-state index contributed by atoms with van der Waals surface area (Å²) in [6.45, 7) is 0.483. The van der Waals surface area contributed by atoms with Crippen LogP contribution in [0.1, 0.15) is 21.5 Å². The molecule has 0 aromatic heterocycles. The lowest BCUT2D eigenvalue weighted by atomic mass is 10.2. The molecule has 0 atom stereocenters. The first kappa shape index (κ1) is 23.7. The molecule has 0 spiro atoms. The number of amides is 1. The van der Waals surface area contributed by atoms with Crippen molar-refractivity contribution >= 4 is 27.8 Å². The summed E-state index contributed by atoms with van der Waals surface area (Å²) in [5, 5.41) is 3.99. The number of carbonyl (C=O) groups excluding carboxylic acids is 1. The summed E-state index contributed by atoms with van der Waals surface area (Å²) in [6, 6.07) is 31.4. The lowest BCUT2D eigenvalue weighted by Gasteiger charge is -2.08. The normalized spacial score (nSPS) is 11.2. The molecule has 0 fully saturated rings. The van der Waals surface area contributed by atoms with Gasteiger partial charge in [0.15, 0.2) is 0 Å². The topological polar surface area (TPSA) is 96.9 Å². The number of nitrogens with one attached hydrogen (secondary N) is 2. The molecule has 0 unspecified atom stereocenters. The number of rotatable bonds is 9. The second kappa shape index (κ2) is 11.1. The van der Waals surface area contributed by atoms with Crippen LogP contribution in [0.2, 0.25) is 0 Å². The Kier molecular flexibility index (Phi) is 7.54. The third-order valence-corrected chi connectivity index (χ3v) is 6.36. The van der Waals surface area contributed by atoms with Crippen molar-refractivity contribution in [3.63, 3.8) is 0 Å². The van der Waals surface area contributed by atoms with Gasteiger partial charge in [0.25, 0.3) is 15.9 Å². The number of carbonyl (C=O) groups is 1. The van der Waals surface area contributed by atoms with Gasteiger partial charge in [0.05, 0.1) is 11.1 Å². The Morgan fingerprint density at radius 1 is 0.800 bits per heavy atom. The third-order valence-electron chi connectivity index (χ3n) is 4.96. The largest absolute Gasteiger partial charge is 0.489 e. The highest BCUT2D eigenvalue weighted by Crippen LogP contribution is 2.17. The number of sulfonamides is 1. The molecule has 0 heterocycles. The van der Waals surface area contributed by atoms with Gasteiger partial charge in [-0.15, -0.1) is 0 Å². The van der Waals surface area contributed by atoms with E-state index < -0.39 is 15.9 Å². The summed E-state index contributed by atoms with van der Waals surface area (Å²) in [5.74, 6) is 0.319. The fourth-order valence-corrected chi connectivity index (χ4v) is 4.20. The fraction of sp³-hybridized carbons (Fsp3) is 0.0370. The zero-order valence-corrected chi connectivity index (χ0v) is 19.5. The van der Waals surface area contributed by atoms with Gasteiger partial charge in [-0.05, 0) is 71.8 Å². The Bertz CT molecular complexity index is 1390. The second-order valence-corrected chi connectivity index (χ2v) is 9.22. The lowest BCUT2D eigenvalue weighted by Crippen LogP contribution is -2.18. The van der Waals surface area contributed by atoms with E-state index in [0.29, 0.717) is 17.9 Å². The highest BCUT2D eigenvalue weighted by atomic mass is 32.2. The van der Waals surface area contributed by atoms with E-state index in [2.05, 4.69) is 15.2 Å².